The molecule has 0 bridgehead atoms. The van der Waals surface area contributed by atoms with E-state index in [9.17, 15) is 14.4 Å². The number of aromatic nitrogens is 2. The van der Waals surface area contributed by atoms with Crippen LogP contribution in [-0.2, 0) is 27.2 Å². The summed E-state index contributed by atoms with van der Waals surface area (Å²) in [6, 6.07) is 15.2. The van der Waals surface area contributed by atoms with Crippen LogP contribution in [0.15, 0.2) is 60.8 Å². The lowest BCUT2D eigenvalue weighted by molar-refractivity contribution is -0.158. The predicted molar refractivity (Wildman–Crippen MR) is 154 cm³/mol. The van der Waals surface area contributed by atoms with Gasteiger partial charge < -0.3 is 15.5 Å². The third kappa shape index (κ3) is 5.67. The Morgan fingerprint density at radius 1 is 1.05 bits per heavy atom. The van der Waals surface area contributed by atoms with Gasteiger partial charge in [-0.2, -0.15) is 5.10 Å². The van der Waals surface area contributed by atoms with E-state index in [4.69, 9.17) is 0 Å². The molecule has 0 radical (unpaired) electrons. The number of carbonyl (C=O) groups excluding carboxylic acids is 3. The number of carbonyl (C=O) groups is 3. The number of nitrogens with zero attached hydrogens (tertiary/aromatic N) is 2. The van der Waals surface area contributed by atoms with Crippen molar-refractivity contribution in [3.63, 3.8) is 0 Å². The number of aromatic amines is 1. The fourth-order valence-electron chi connectivity index (χ4n) is 6.04. The van der Waals surface area contributed by atoms with Crippen LogP contribution in [0.25, 0.3) is 11.3 Å². The molecule has 3 atom stereocenters. The van der Waals surface area contributed by atoms with E-state index in [2.05, 4.69) is 33.0 Å². The zero-order valence-corrected chi connectivity index (χ0v) is 23.9. The van der Waals surface area contributed by atoms with Gasteiger partial charge in [-0.05, 0) is 86.3 Å². The Kier molecular flexibility index (Phi) is 7.53. The van der Waals surface area contributed by atoms with Crippen LogP contribution in [0.1, 0.15) is 63.8 Å². The maximum Gasteiger partial charge on any atom is 0.247 e. The van der Waals surface area contributed by atoms with E-state index in [-0.39, 0.29) is 29.6 Å². The highest BCUT2D eigenvalue weighted by Crippen LogP contribution is 2.36. The third-order valence-corrected chi connectivity index (χ3v) is 7.74. The highest BCUT2D eigenvalue weighted by Gasteiger charge is 2.49. The minimum Gasteiger partial charge on any atom is -0.349 e. The number of hydrogen-bond donors (Lipinski definition) is 3. The molecule has 1 saturated heterocycles. The zero-order chi connectivity index (χ0) is 28.6. The van der Waals surface area contributed by atoms with Gasteiger partial charge in [0.15, 0.2) is 0 Å². The second-order valence-electron chi connectivity index (χ2n) is 12.6. The van der Waals surface area contributed by atoms with E-state index in [1.165, 1.54) is 11.1 Å². The van der Waals surface area contributed by atoms with Crippen LogP contribution in [0.2, 0.25) is 0 Å². The molecule has 3 aromatic rings. The molecular formula is C32H39N5O3. The van der Waals surface area contributed by atoms with Crippen molar-refractivity contribution in [1.82, 2.24) is 25.7 Å². The molecule has 3 N–H and O–H groups in total. The minimum atomic E-state index is -0.976. The lowest BCUT2D eigenvalue weighted by Crippen LogP contribution is -2.67. The van der Waals surface area contributed by atoms with Gasteiger partial charge in [0.25, 0.3) is 0 Å². The van der Waals surface area contributed by atoms with Crippen LogP contribution in [0, 0.1) is 11.8 Å². The van der Waals surface area contributed by atoms with E-state index in [0.29, 0.717) is 24.8 Å². The molecular weight excluding hydrogens is 502 g/mol. The Labute approximate surface area is 235 Å². The van der Waals surface area contributed by atoms with Gasteiger partial charge >= 0.3 is 0 Å². The second kappa shape index (κ2) is 10.9. The minimum absolute atomic E-state index is 0.0704. The van der Waals surface area contributed by atoms with E-state index in [0.717, 1.165) is 11.3 Å². The SMILES string of the molecule is CC(C)CC1C(=O)NC(C2Cc3ccccc3C2)C(=O)N1C(C(=O)NC(C)(C)C)c1cccc(-c2ccn[nH]2)c1. The molecule has 1 aliphatic carbocycles. The van der Waals surface area contributed by atoms with Gasteiger partial charge in [0, 0.05) is 11.7 Å². The number of fused-ring (bicyclic) bond motifs is 1. The number of H-pyrrole nitrogens is 1. The Morgan fingerprint density at radius 3 is 2.35 bits per heavy atom. The molecule has 1 aromatic heterocycles. The Morgan fingerprint density at radius 2 is 1.75 bits per heavy atom. The van der Waals surface area contributed by atoms with Crippen molar-refractivity contribution in [2.75, 3.05) is 0 Å². The summed E-state index contributed by atoms with van der Waals surface area (Å²) >= 11 is 0. The van der Waals surface area contributed by atoms with Crippen molar-refractivity contribution in [2.45, 2.75) is 77.5 Å². The molecule has 2 aromatic carbocycles. The van der Waals surface area contributed by atoms with Crippen LogP contribution >= 0.6 is 0 Å². The summed E-state index contributed by atoms with van der Waals surface area (Å²) in [5.41, 5.74) is 4.19. The topological polar surface area (TPSA) is 107 Å². The summed E-state index contributed by atoms with van der Waals surface area (Å²) < 4.78 is 0. The molecule has 8 heteroatoms. The maximum absolute atomic E-state index is 14.5. The van der Waals surface area contributed by atoms with Gasteiger partial charge in [0.2, 0.25) is 17.7 Å². The van der Waals surface area contributed by atoms with E-state index in [1.54, 1.807) is 11.1 Å². The molecule has 2 heterocycles. The number of hydrogen-bond acceptors (Lipinski definition) is 4. The highest BCUT2D eigenvalue weighted by molar-refractivity contribution is 6.00. The molecule has 5 rings (SSSR count). The lowest BCUT2D eigenvalue weighted by atomic mass is 9.87. The lowest BCUT2D eigenvalue weighted by Gasteiger charge is -2.45. The first-order valence-electron chi connectivity index (χ1n) is 14.1. The number of piperazine rings is 1. The summed E-state index contributed by atoms with van der Waals surface area (Å²) in [5, 5.41) is 13.2. The first kappa shape index (κ1) is 27.6. The first-order chi connectivity index (χ1) is 19.0. The van der Waals surface area contributed by atoms with Crippen LogP contribution in [-0.4, -0.2) is 50.4 Å². The summed E-state index contributed by atoms with van der Waals surface area (Å²) in [4.78, 5) is 44.0. The molecule has 3 amide bonds. The van der Waals surface area contributed by atoms with Crippen LogP contribution < -0.4 is 10.6 Å². The van der Waals surface area contributed by atoms with Crippen LogP contribution in [0.5, 0.6) is 0 Å². The quantitative estimate of drug-likeness (QED) is 0.417. The second-order valence-corrected chi connectivity index (χ2v) is 12.6. The molecule has 210 valence electrons. The molecule has 1 fully saturated rings. The van der Waals surface area contributed by atoms with Crippen LogP contribution in [0.3, 0.4) is 0 Å². The van der Waals surface area contributed by atoms with Gasteiger partial charge in [-0.3, -0.25) is 19.5 Å². The van der Waals surface area contributed by atoms with Gasteiger partial charge in [-0.1, -0.05) is 56.3 Å². The monoisotopic (exact) mass is 541 g/mol. The smallest absolute Gasteiger partial charge is 0.247 e. The number of benzene rings is 2. The zero-order valence-electron chi connectivity index (χ0n) is 23.9. The van der Waals surface area contributed by atoms with Gasteiger partial charge in [-0.25, -0.2) is 0 Å². The molecule has 3 unspecified atom stereocenters. The number of amides is 3. The third-order valence-electron chi connectivity index (χ3n) is 7.74. The largest absolute Gasteiger partial charge is 0.349 e. The van der Waals surface area contributed by atoms with Crippen molar-refractivity contribution in [2.24, 2.45) is 11.8 Å². The summed E-state index contributed by atoms with van der Waals surface area (Å²) in [6.07, 6.45) is 3.55. The Balaban J connectivity index is 1.58. The summed E-state index contributed by atoms with van der Waals surface area (Å²) in [5.74, 6) is -0.642. The van der Waals surface area contributed by atoms with Crippen molar-refractivity contribution in [3.05, 3.63) is 77.5 Å². The highest BCUT2D eigenvalue weighted by atomic mass is 16.2. The molecule has 0 saturated carbocycles. The standard InChI is InChI=1S/C32H39N5O3/c1-19(2)15-26-29(38)34-27(24-16-20-9-6-7-10-21(20)17-24)31(40)37(26)28(30(39)35-32(3,4)5)23-12-8-11-22(18-23)25-13-14-33-36-25/h6-14,18-19,24,26-28H,15-17H2,1-5H3,(H,33,36)(H,34,38)(H,35,39). The predicted octanol–water partition coefficient (Wildman–Crippen LogP) is 4.19. The maximum atomic E-state index is 14.5. The number of nitrogens with one attached hydrogen (secondary N) is 3. The normalized spacial score (nSPS) is 20.4. The fourth-order valence-corrected chi connectivity index (χ4v) is 6.04. The van der Waals surface area contributed by atoms with Crippen LogP contribution in [0.4, 0.5) is 0 Å². The average Bonchev–Trinajstić information content (AvgIpc) is 3.57. The van der Waals surface area contributed by atoms with Gasteiger partial charge in [-0.15, -0.1) is 0 Å². The Hall–Kier alpha value is -3.94. The van der Waals surface area contributed by atoms with Gasteiger partial charge in [0.1, 0.15) is 18.1 Å². The summed E-state index contributed by atoms with van der Waals surface area (Å²) in [7, 11) is 0. The summed E-state index contributed by atoms with van der Waals surface area (Å²) in [6.45, 7) is 9.80. The van der Waals surface area contributed by atoms with E-state index < -0.39 is 23.7 Å². The van der Waals surface area contributed by atoms with Gasteiger partial charge in [0.05, 0.1) is 5.69 Å². The van der Waals surface area contributed by atoms with Crippen molar-refractivity contribution >= 4 is 17.7 Å². The molecule has 40 heavy (non-hydrogen) atoms. The fraction of sp³-hybridized carbons (Fsp3) is 0.438. The molecule has 8 nitrogen and oxygen atoms in total. The number of rotatable bonds is 7. The van der Waals surface area contributed by atoms with E-state index in [1.807, 2.05) is 77.1 Å². The Bertz CT molecular complexity index is 1370. The van der Waals surface area contributed by atoms with Crippen molar-refractivity contribution in [1.29, 1.82) is 0 Å². The van der Waals surface area contributed by atoms with Crippen molar-refractivity contribution in [3.8, 4) is 11.3 Å². The van der Waals surface area contributed by atoms with E-state index >= 15 is 0 Å². The molecule has 2 aliphatic rings. The average molecular weight is 542 g/mol. The molecule has 0 spiro atoms. The first-order valence-corrected chi connectivity index (χ1v) is 14.1. The van der Waals surface area contributed by atoms with Crippen molar-refractivity contribution < 1.29 is 14.4 Å². The molecule has 1 aliphatic heterocycles.